The Morgan fingerprint density at radius 1 is 1.37 bits per heavy atom. The van der Waals surface area contributed by atoms with Crippen molar-refractivity contribution in [3.63, 3.8) is 0 Å². The topological polar surface area (TPSA) is 80.7 Å². The molecule has 0 aromatic carbocycles. The highest BCUT2D eigenvalue weighted by atomic mass is 16.6. The van der Waals surface area contributed by atoms with Gasteiger partial charge >= 0.3 is 11.9 Å². The Bertz CT molecular complexity index is 453. The van der Waals surface area contributed by atoms with Crippen molar-refractivity contribution in [2.45, 2.75) is 44.6 Å². The van der Waals surface area contributed by atoms with Gasteiger partial charge in [0.2, 0.25) is 5.60 Å². The molecule has 0 radical (unpaired) electrons. The van der Waals surface area contributed by atoms with Crippen molar-refractivity contribution in [2.24, 2.45) is 11.8 Å². The van der Waals surface area contributed by atoms with Crippen molar-refractivity contribution in [2.75, 3.05) is 0 Å². The number of rotatable bonds is 3. The fraction of sp³-hybridized carbons (Fsp3) is 0.643. The zero-order chi connectivity index (χ0) is 14.2. The second kappa shape index (κ2) is 4.79. The molecule has 0 spiro atoms. The number of cyclic esters (lactones) is 1. The van der Waals surface area contributed by atoms with Gasteiger partial charge < -0.3 is 9.84 Å². The van der Waals surface area contributed by atoms with Crippen LogP contribution in [0.3, 0.4) is 0 Å². The number of Topliss-reactive ketones (excluding diaryl/α,β-unsaturated/α-hetero) is 1. The minimum atomic E-state index is -1.67. The summed E-state index contributed by atoms with van der Waals surface area (Å²) in [6, 6.07) is 0. The number of hydrogen-bond donors (Lipinski definition) is 1. The van der Waals surface area contributed by atoms with Crippen molar-refractivity contribution in [3.8, 4) is 0 Å². The first-order chi connectivity index (χ1) is 8.94. The molecule has 2 fully saturated rings. The molecule has 104 valence electrons. The van der Waals surface area contributed by atoms with Crippen LogP contribution in [-0.4, -0.2) is 28.4 Å². The van der Waals surface area contributed by atoms with Gasteiger partial charge in [-0.15, -0.1) is 0 Å². The number of esters is 1. The molecule has 5 nitrogen and oxygen atoms in total. The molecule has 0 aromatic rings. The normalized spacial score (nSPS) is 34.4. The van der Waals surface area contributed by atoms with Crippen LogP contribution < -0.4 is 0 Å². The largest absolute Gasteiger partial charge is 0.478 e. The quantitative estimate of drug-likeness (QED) is 0.621. The van der Waals surface area contributed by atoms with Crippen LogP contribution >= 0.6 is 0 Å². The third-order valence-electron chi connectivity index (χ3n) is 4.32. The number of ether oxygens (including phenoxy) is 1. The van der Waals surface area contributed by atoms with E-state index in [0.29, 0.717) is 12.8 Å². The summed E-state index contributed by atoms with van der Waals surface area (Å²) in [5.74, 6) is -2.84. The van der Waals surface area contributed by atoms with Crippen LogP contribution in [0.1, 0.15) is 39.0 Å². The van der Waals surface area contributed by atoms with Gasteiger partial charge in [0.15, 0.2) is 5.78 Å². The summed E-state index contributed by atoms with van der Waals surface area (Å²) in [6.45, 7) is 5.09. The molecule has 1 saturated carbocycles. The first-order valence-electron chi connectivity index (χ1n) is 6.64. The Labute approximate surface area is 111 Å². The molecule has 2 aliphatic rings. The molecule has 0 aromatic heterocycles. The van der Waals surface area contributed by atoms with Crippen molar-refractivity contribution in [1.29, 1.82) is 0 Å². The van der Waals surface area contributed by atoms with Crippen molar-refractivity contribution >= 4 is 17.7 Å². The lowest BCUT2D eigenvalue weighted by molar-refractivity contribution is -0.185. The molecule has 1 heterocycles. The SMILES string of the molecule is C=C(C(=O)O)C1(CC)OC(=O)C2CCCCC2C1=O. The van der Waals surface area contributed by atoms with Crippen molar-refractivity contribution < 1.29 is 24.2 Å². The molecule has 1 saturated heterocycles. The molecular weight excluding hydrogens is 248 g/mol. The van der Waals surface area contributed by atoms with E-state index in [2.05, 4.69) is 6.58 Å². The second-order valence-electron chi connectivity index (χ2n) is 5.25. The third-order valence-corrected chi connectivity index (χ3v) is 4.32. The lowest BCUT2D eigenvalue weighted by Crippen LogP contribution is -2.57. The molecule has 2 rings (SSSR count). The Kier molecular flexibility index (Phi) is 3.47. The van der Waals surface area contributed by atoms with Crippen molar-refractivity contribution in [3.05, 3.63) is 12.2 Å². The van der Waals surface area contributed by atoms with Gasteiger partial charge in [0.25, 0.3) is 0 Å². The van der Waals surface area contributed by atoms with E-state index in [-0.39, 0.29) is 17.8 Å². The smallest absolute Gasteiger partial charge is 0.335 e. The lowest BCUT2D eigenvalue weighted by Gasteiger charge is -2.43. The first kappa shape index (κ1) is 13.8. The van der Waals surface area contributed by atoms with Gasteiger partial charge in [0.05, 0.1) is 11.5 Å². The molecular formula is C14H18O5. The Hall–Kier alpha value is -1.65. The van der Waals surface area contributed by atoms with Crippen LogP contribution in [0.4, 0.5) is 0 Å². The third kappa shape index (κ3) is 1.97. The highest BCUT2D eigenvalue weighted by Gasteiger charge is 2.56. The van der Waals surface area contributed by atoms with E-state index >= 15 is 0 Å². The number of carbonyl (C=O) groups excluding carboxylic acids is 2. The summed E-state index contributed by atoms with van der Waals surface area (Å²) in [5.41, 5.74) is -2.00. The molecule has 1 N–H and O–H groups in total. The predicted octanol–water partition coefficient (Wildman–Crippen LogP) is 1.71. The number of fused-ring (bicyclic) bond motifs is 1. The Morgan fingerprint density at radius 3 is 2.47 bits per heavy atom. The van der Waals surface area contributed by atoms with E-state index in [4.69, 9.17) is 9.84 Å². The maximum absolute atomic E-state index is 12.6. The average Bonchev–Trinajstić information content (AvgIpc) is 2.42. The van der Waals surface area contributed by atoms with E-state index in [0.717, 1.165) is 12.8 Å². The number of carbonyl (C=O) groups is 3. The van der Waals surface area contributed by atoms with Crippen LogP contribution in [-0.2, 0) is 19.1 Å². The van der Waals surface area contributed by atoms with Gasteiger partial charge in [-0.2, -0.15) is 0 Å². The highest BCUT2D eigenvalue weighted by Crippen LogP contribution is 2.43. The summed E-state index contributed by atoms with van der Waals surface area (Å²) >= 11 is 0. The van der Waals surface area contributed by atoms with Gasteiger partial charge in [-0.05, 0) is 19.3 Å². The molecule has 3 atom stereocenters. The number of aliphatic carboxylic acids is 1. The maximum atomic E-state index is 12.6. The molecule has 0 bridgehead atoms. The fourth-order valence-electron chi connectivity index (χ4n) is 3.17. The standard InChI is InChI=1S/C14H18O5/c1-3-14(8(2)12(16)17)11(15)9-6-4-5-7-10(9)13(18)19-14/h9-10H,2-7H2,1H3,(H,16,17). The maximum Gasteiger partial charge on any atom is 0.335 e. The van der Waals surface area contributed by atoms with E-state index in [1.54, 1.807) is 6.92 Å². The molecule has 3 unspecified atom stereocenters. The Morgan fingerprint density at radius 2 is 1.95 bits per heavy atom. The average molecular weight is 266 g/mol. The lowest BCUT2D eigenvalue weighted by atomic mass is 9.68. The Balaban J connectivity index is 2.40. The van der Waals surface area contributed by atoms with Gasteiger partial charge in [-0.3, -0.25) is 9.59 Å². The molecule has 1 aliphatic heterocycles. The van der Waals surface area contributed by atoms with Gasteiger partial charge in [-0.25, -0.2) is 4.79 Å². The van der Waals surface area contributed by atoms with Gasteiger partial charge in [0.1, 0.15) is 0 Å². The number of hydrogen-bond acceptors (Lipinski definition) is 4. The van der Waals surface area contributed by atoms with Crippen LogP contribution in [0.5, 0.6) is 0 Å². The minimum absolute atomic E-state index is 0.117. The number of carboxylic acid groups (broad SMARTS) is 1. The van der Waals surface area contributed by atoms with Gasteiger partial charge in [-0.1, -0.05) is 26.3 Å². The highest BCUT2D eigenvalue weighted by molar-refractivity contribution is 6.07. The summed E-state index contributed by atoms with van der Waals surface area (Å²) in [5, 5.41) is 9.09. The van der Waals surface area contributed by atoms with Crippen LogP contribution in [0.2, 0.25) is 0 Å². The number of ketones is 1. The van der Waals surface area contributed by atoms with E-state index in [9.17, 15) is 14.4 Å². The minimum Gasteiger partial charge on any atom is -0.478 e. The monoisotopic (exact) mass is 266 g/mol. The molecule has 0 amide bonds. The fourth-order valence-corrected chi connectivity index (χ4v) is 3.17. The zero-order valence-electron chi connectivity index (χ0n) is 11.0. The first-order valence-corrected chi connectivity index (χ1v) is 6.64. The number of carboxylic acids is 1. The van der Waals surface area contributed by atoms with Crippen molar-refractivity contribution in [1.82, 2.24) is 0 Å². The molecule has 1 aliphatic carbocycles. The van der Waals surface area contributed by atoms with Gasteiger partial charge in [0, 0.05) is 5.92 Å². The van der Waals surface area contributed by atoms with Crippen LogP contribution in [0.25, 0.3) is 0 Å². The van der Waals surface area contributed by atoms with Crippen LogP contribution in [0.15, 0.2) is 12.2 Å². The van der Waals surface area contributed by atoms with E-state index < -0.39 is 29.4 Å². The predicted molar refractivity (Wildman–Crippen MR) is 66.3 cm³/mol. The summed E-state index contributed by atoms with van der Waals surface area (Å²) in [6.07, 6.45) is 3.19. The van der Waals surface area contributed by atoms with E-state index in [1.165, 1.54) is 0 Å². The molecule has 19 heavy (non-hydrogen) atoms. The summed E-state index contributed by atoms with van der Waals surface area (Å²) < 4.78 is 5.26. The second-order valence-corrected chi connectivity index (χ2v) is 5.25. The summed E-state index contributed by atoms with van der Waals surface area (Å²) in [4.78, 5) is 35.8. The van der Waals surface area contributed by atoms with E-state index in [1.807, 2.05) is 0 Å². The summed E-state index contributed by atoms with van der Waals surface area (Å²) in [7, 11) is 0. The molecule has 5 heteroatoms. The zero-order valence-corrected chi connectivity index (χ0v) is 11.0. The van der Waals surface area contributed by atoms with Crippen LogP contribution in [0, 0.1) is 11.8 Å².